The summed E-state index contributed by atoms with van der Waals surface area (Å²) in [4.78, 5) is 0. The zero-order valence-corrected chi connectivity index (χ0v) is 4.75. The minimum atomic E-state index is -4.69. The second-order valence-corrected chi connectivity index (χ2v) is 1.41. The Labute approximate surface area is 47.7 Å². The minimum Gasteiger partial charge on any atom is -0.317 e. The third-order valence-corrected chi connectivity index (χ3v) is 0. The van der Waals surface area contributed by atoms with E-state index in [1.165, 1.54) is 7.05 Å². The molecule has 0 aromatic rings. The number of nitrogens with one attached hydrogen (secondary N) is 1. The quantitative estimate of drug-likeness (QED) is 0.297. The Balaban J connectivity index is 0. The van der Waals surface area contributed by atoms with Crippen molar-refractivity contribution in [2.45, 2.75) is 0 Å². The molecule has 7 heteroatoms. The van der Waals surface area contributed by atoms with E-state index in [4.69, 9.17) is 23.8 Å². The van der Waals surface area contributed by atoms with E-state index in [1.807, 2.05) is 0 Å². The summed E-state index contributed by atoms with van der Waals surface area (Å²) in [6.07, 6.45) is 0. The van der Waals surface area contributed by atoms with Gasteiger partial charge in [-0.2, -0.15) is 14.0 Å². The standard InChI is InChI=1S/CH5NO.ClHO4/c1-2-3;2-1(3,4)5/h2-3H,1H3;(H,2,3,4,5). The van der Waals surface area contributed by atoms with Gasteiger partial charge in [0.2, 0.25) is 0 Å². The Morgan fingerprint density at radius 1 is 1.38 bits per heavy atom. The van der Waals surface area contributed by atoms with Gasteiger partial charge in [-0.15, -0.1) is 0 Å². The molecule has 0 amide bonds. The highest BCUT2D eigenvalue weighted by atomic mass is 35.7. The summed E-state index contributed by atoms with van der Waals surface area (Å²) in [5.74, 6) is 0. The van der Waals surface area contributed by atoms with Crippen molar-refractivity contribution < 1.29 is 34.1 Å². The molecular weight excluding hydrogens is 141 g/mol. The topological polar surface area (TPSA) is 122 Å². The van der Waals surface area contributed by atoms with Crippen molar-refractivity contribution in [3.63, 3.8) is 0 Å². The Morgan fingerprint density at radius 3 is 1.38 bits per heavy atom. The van der Waals surface area contributed by atoms with E-state index in [0.29, 0.717) is 0 Å². The fraction of sp³-hybridized carbons (Fsp3) is 1.00. The molecule has 0 saturated carbocycles. The van der Waals surface area contributed by atoms with Crippen LogP contribution in [0.5, 0.6) is 0 Å². The molecule has 0 unspecified atom stereocenters. The first-order valence-corrected chi connectivity index (χ1v) is 2.62. The predicted molar refractivity (Wildman–Crippen MR) is 13.1 cm³/mol. The van der Waals surface area contributed by atoms with Crippen LogP contribution >= 0.6 is 0 Å². The Morgan fingerprint density at radius 2 is 1.38 bits per heavy atom. The van der Waals surface area contributed by atoms with Crippen molar-refractivity contribution in [2.24, 2.45) is 0 Å². The minimum absolute atomic E-state index is 1.43. The van der Waals surface area contributed by atoms with E-state index < -0.39 is 10.2 Å². The molecular formula is CH6ClNO5. The summed E-state index contributed by atoms with van der Waals surface area (Å²) in [5, 5.41) is 7.32. The van der Waals surface area contributed by atoms with Gasteiger partial charge in [-0.25, -0.2) is 5.48 Å². The summed E-state index contributed by atoms with van der Waals surface area (Å²) in [5.41, 5.74) is 1.75. The number of rotatable bonds is 0. The molecule has 0 fully saturated rings. The summed E-state index contributed by atoms with van der Waals surface area (Å²) in [6, 6.07) is 0. The van der Waals surface area contributed by atoms with Crippen molar-refractivity contribution in [1.82, 2.24) is 5.48 Å². The average Bonchev–Trinajstić information content (AvgIpc) is 1.27. The van der Waals surface area contributed by atoms with Gasteiger partial charge in [-0.3, -0.25) is 0 Å². The van der Waals surface area contributed by atoms with Crippen molar-refractivity contribution >= 4 is 0 Å². The molecule has 0 rings (SSSR count). The van der Waals surface area contributed by atoms with Crippen LogP contribution in [0, 0.1) is 10.2 Å². The van der Waals surface area contributed by atoms with Crippen LogP contribution < -0.4 is 19.5 Å². The van der Waals surface area contributed by atoms with Gasteiger partial charge in [-0.1, -0.05) is 0 Å². The number of hydrogen-bond acceptors (Lipinski definition) is 6. The number of hydroxylamine groups is 1. The molecule has 0 radical (unpaired) electrons. The molecule has 0 atom stereocenters. The molecule has 0 heterocycles. The summed E-state index contributed by atoms with van der Waals surface area (Å²) < 4.78 is 32.7. The zero-order valence-electron chi connectivity index (χ0n) is 4.00. The maximum absolute atomic E-state index is 8.60. The first-order valence-electron chi connectivity index (χ1n) is 1.36. The van der Waals surface area contributed by atoms with Crippen molar-refractivity contribution in [1.29, 1.82) is 0 Å². The molecule has 0 aromatic heterocycles. The third kappa shape index (κ3) is 61700. The van der Waals surface area contributed by atoms with Gasteiger partial charge in [0, 0.05) is 7.05 Å². The second kappa shape index (κ2) is 5.19. The fourth-order valence-corrected chi connectivity index (χ4v) is 0. The number of hydrogen-bond donors (Lipinski definition) is 3. The van der Waals surface area contributed by atoms with Crippen LogP contribution in [0.15, 0.2) is 0 Å². The van der Waals surface area contributed by atoms with Gasteiger partial charge in [0.1, 0.15) is 0 Å². The first kappa shape index (κ1) is 10.9. The van der Waals surface area contributed by atoms with Crippen LogP contribution in [0.2, 0.25) is 0 Å². The average molecular weight is 148 g/mol. The van der Waals surface area contributed by atoms with Gasteiger partial charge in [0.05, 0.1) is 14.9 Å². The van der Waals surface area contributed by atoms with Gasteiger partial charge in [0.15, 0.2) is 0 Å². The van der Waals surface area contributed by atoms with Crippen LogP contribution in [-0.2, 0) is 0 Å². The molecule has 0 aliphatic rings. The van der Waals surface area contributed by atoms with Gasteiger partial charge >= 0.3 is 0 Å². The Hall–Kier alpha value is 0.0500. The lowest BCUT2D eigenvalue weighted by Crippen LogP contribution is -2.58. The molecule has 0 bridgehead atoms. The van der Waals surface area contributed by atoms with Crippen molar-refractivity contribution in [3.05, 3.63) is 0 Å². The smallest absolute Gasteiger partial charge is 0.0777 e. The Bertz CT molecular complexity index is 36.2. The summed E-state index contributed by atoms with van der Waals surface area (Å²) >= 11 is 0. The zero-order chi connectivity index (χ0) is 7.21. The van der Waals surface area contributed by atoms with E-state index in [9.17, 15) is 0 Å². The maximum atomic E-state index is 8.60. The molecule has 3 N–H and O–H groups in total. The lowest BCUT2D eigenvalue weighted by molar-refractivity contribution is -1.92. The lowest BCUT2D eigenvalue weighted by atomic mass is 11.6. The van der Waals surface area contributed by atoms with Crippen molar-refractivity contribution in [2.75, 3.05) is 7.05 Å². The highest BCUT2D eigenvalue weighted by Crippen LogP contribution is 1.60. The molecule has 0 aliphatic heterocycles. The highest BCUT2D eigenvalue weighted by molar-refractivity contribution is 3.65. The van der Waals surface area contributed by atoms with E-state index in [-0.39, 0.29) is 0 Å². The Kier molecular flexibility index (Phi) is 7.09. The predicted octanol–water partition coefficient (Wildman–Crippen LogP) is -4.53. The largest absolute Gasteiger partial charge is 0.317 e. The third-order valence-electron chi connectivity index (χ3n) is 0. The monoisotopic (exact) mass is 147 g/mol. The van der Waals surface area contributed by atoms with E-state index in [1.54, 1.807) is 5.48 Å². The fourth-order valence-electron chi connectivity index (χ4n) is 0. The molecule has 6 nitrogen and oxygen atoms in total. The molecule has 0 saturated heterocycles. The molecule has 0 aromatic carbocycles. The molecule has 0 aliphatic carbocycles. The summed E-state index contributed by atoms with van der Waals surface area (Å²) in [7, 11) is -3.26. The van der Waals surface area contributed by atoms with Crippen LogP contribution in [0.4, 0.5) is 0 Å². The van der Waals surface area contributed by atoms with Crippen LogP contribution in [0.3, 0.4) is 0 Å². The van der Waals surface area contributed by atoms with E-state index in [2.05, 4.69) is 0 Å². The van der Waals surface area contributed by atoms with Gasteiger partial charge in [-0.05, 0) is 0 Å². The summed E-state index contributed by atoms with van der Waals surface area (Å²) in [6.45, 7) is 0. The normalized spacial score (nSPS) is 9.75. The van der Waals surface area contributed by atoms with Crippen LogP contribution in [-0.4, -0.2) is 16.9 Å². The highest BCUT2D eigenvalue weighted by Gasteiger charge is 1.98. The van der Waals surface area contributed by atoms with Crippen LogP contribution in [0.25, 0.3) is 0 Å². The van der Waals surface area contributed by atoms with E-state index >= 15 is 0 Å². The molecule has 52 valence electrons. The SMILES string of the molecule is CNO.[O-][Cl+3]([O-])([O-])O. The van der Waals surface area contributed by atoms with E-state index in [0.717, 1.165) is 0 Å². The molecule has 0 spiro atoms. The second-order valence-electron chi connectivity index (χ2n) is 0.620. The van der Waals surface area contributed by atoms with Gasteiger partial charge < -0.3 is 5.21 Å². The van der Waals surface area contributed by atoms with Gasteiger partial charge in [0.25, 0.3) is 0 Å². The maximum Gasteiger partial charge on any atom is 0.0777 e. The lowest BCUT2D eigenvalue weighted by Gasteiger charge is -2.03. The van der Waals surface area contributed by atoms with Crippen molar-refractivity contribution in [3.8, 4) is 0 Å². The first-order chi connectivity index (χ1) is 3.41. The molecule has 8 heavy (non-hydrogen) atoms. The van der Waals surface area contributed by atoms with Crippen LogP contribution in [0.1, 0.15) is 0 Å². The number of halogens is 1.